The van der Waals surface area contributed by atoms with Crippen molar-refractivity contribution >= 4 is 28.7 Å². The van der Waals surface area contributed by atoms with Crippen LogP contribution < -0.4 is 5.32 Å². The van der Waals surface area contributed by atoms with E-state index in [-0.39, 0.29) is 18.1 Å². The van der Waals surface area contributed by atoms with Crippen molar-refractivity contribution in [3.05, 3.63) is 58.4 Å². The maximum Gasteiger partial charge on any atom is 0.248 e. The molecule has 0 bridgehead atoms. The third-order valence-corrected chi connectivity index (χ3v) is 6.63. The van der Waals surface area contributed by atoms with Crippen LogP contribution in [0.3, 0.4) is 0 Å². The molecule has 1 aliphatic heterocycles. The van der Waals surface area contributed by atoms with Crippen LogP contribution in [0.15, 0.2) is 46.9 Å². The van der Waals surface area contributed by atoms with E-state index in [1.807, 2.05) is 6.08 Å². The second-order valence-corrected chi connectivity index (χ2v) is 8.37. The number of fused-ring (bicyclic) bond motifs is 1. The standard InChI is InChI=1S/C21H19FN6OS/c22-16-6-13(19-15-8-27-28-20(15)26-11-25-19)7-23-17(16)9-24-21(29)14-5-12-3-1-2-4-18(12)30-10-14/h5-8,11H,1-4,9-10H2,(H,24,29)(H,25,26,27,28). The number of rotatable bonds is 4. The zero-order valence-electron chi connectivity index (χ0n) is 16.1. The molecule has 0 spiro atoms. The zero-order valence-corrected chi connectivity index (χ0v) is 16.9. The number of allylic oxidation sites excluding steroid dienone is 3. The average Bonchev–Trinajstić information content (AvgIpc) is 3.27. The Kier molecular flexibility index (Phi) is 5.04. The van der Waals surface area contributed by atoms with Gasteiger partial charge in [-0.15, -0.1) is 11.8 Å². The number of thioether (sulfide) groups is 1. The summed E-state index contributed by atoms with van der Waals surface area (Å²) < 4.78 is 14.7. The van der Waals surface area contributed by atoms with Gasteiger partial charge in [0, 0.05) is 23.1 Å². The number of aromatic amines is 1. The van der Waals surface area contributed by atoms with Crippen molar-refractivity contribution in [1.29, 1.82) is 0 Å². The SMILES string of the molecule is O=C(NCc1ncc(-c2ncnc3[nH]ncc23)cc1F)C1=CC2=C(CCCC2)SC1. The van der Waals surface area contributed by atoms with E-state index in [1.165, 1.54) is 35.7 Å². The minimum Gasteiger partial charge on any atom is -0.347 e. The molecular weight excluding hydrogens is 403 g/mol. The van der Waals surface area contributed by atoms with Gasteiger partial charge in [0.1, 0.15) is 12.1 Å². The molecule has 1 amide bonds. The molecule has 2 aliphatic rings. The second kappa shape index (κ2) is 7.98. The van der Waals surface area contributed by atoms with Crippen LogP contribution in [0.25, 0.3) is 22.3 Å². The predicted molar refractivity (Wildman–Crippen MR) is 113 cm³/mol. The number of amides is 1. The van der Waals surface area contributed by atoms with Gasteiger partial charge in [0.05, 0.1) is 29.5 Å². The fraction of sp³-hybridized carbons (Fsp3) is 0.286. The summed E-state index contributed by atoms with van der Waals surface area (Å²) in [5.41, 5.74) is 3.86. The first-order valence-corrected chi connectivity index (χ1v) is 10.8. The smallest absolute Gasteiger partial charge is 0.248 e. The zero-order chi connectivity index (χ0) is 20.5. The molecule has 30 heavy (non-hydrogen) atoms. The van der Waals surface area contributed by atoms with Gasteiger partial charge in [0.15, 0.2) is 5.65 Å². The van der Waals surface area contributed by atoms with E-state index in [4.69, 9.17) is 0 Å². The van der Waals surface area contributed by atoms with Crippen LogP contribution in [0, 0.1) is 5.82 Å². The highest BCUT2D eigenvalue weighted by Crippen LogP contribution is 2.38. The molecule has 3 aromatic heterocycles. The summed E-state index contributed by atoms with van der Waals surface area (Å²) in [6.45, 7) is 0.0315. The van der Waals surface area contributed by atoms with Crippen LogP contribution in [-0.2, 0) is 11.3 Å². The maximum absolute atomic E-state index is 14.7. The lowest BCUT2D eigenvalue weighted by Crippen LogP contribution is -2.27. The number of carbonyl (C=O) groups is 1. The molecule has 1 aliphatic carbocycles. The molecule has 0 radical (unpaired) electrons. The number of aromatic nitrogens is 5. The van der Waals surface area contributed by atoms with Crippen molar-refractivity contribution in [1.82, 2.24) is 30.5 Å². The fourth-order valence-corrected chi connectivity index (χ4v) is 4.94. The third kappa shape index (κ3) is 3.60. The molecule has 3 aromatic rings. The number of halogens is 1. The lowest BCUT2D eigenvalue weighted by atomic mass is 9.97. The topological polar surface area (TPSA) is 96.5 Å². The number of pyridine rings is 1. The van der Waals surface area contributed by atoms with Gasteiger partial charge in [0.2, 0.25) is 5.91 Å². The van der Waals surface area contributed by atoms with Crippen molar-refractivity contribution in [2.45, 2.75) is 32.2 Å². The minimum atomic E-state index is -0.493. The second-order valence-electron chi connectivity index (χ2n) is 7.30. The molecule has 9 heteroatoms. The Morgan fingerprint density at radius 2 is 2.10 bits per heavy atom. The molecule has 0 saturated carbocycles. The maximum atomic E-state index is 14.7. The summed E-state index contributed by atoms with van der Waals surface area (Å²) in [5.74, 6) is 0.00151. The van der Waals surface area contributed by atoms with Crippen molar-refractivity contribution in [2.75, 3.05) is 5.75 Å². The highest BCUT2D eigenvalue weighted by Gasteiger charge is 2.21. The lowest BCUT2D eigenvalue weighted by Gasteiger charge is -2.23. The number of nitrogens with one attached hydrogen (secondary N) is 2. The summed E-state index contributed by atoms with van der Waals surface area (Å²) in [5, 5.41) is 10.2. The first-order valence-electron chi connectivity index (χ1n) is 9.81. The van der Waals surface area contributed by atoms with E-state index in [0.29, 0.717) is 28.0 Å². The molecule has 0 atom stereocenters. The Morgan fingerprint density at radius 3 is 3.00 bits per heavy atom. The Morgan fingerprint density at radius 1 is 1.20 bits per heavy atom. The molecular formula is C21H19FN6OS. The monoisotopic (exact) mass is 422 g/mol. The van der Waals surface area contributed by atoms with Crippen molar-refractivity contribution in [3.63, 3.8) is 0 Å². The van der Waals surface area contributed by atoms with E-state index >= 15 is 0 Å². The third-order valence-electron chi connectivity index (χ3n) is 5.36. The number of hydrogen-bond donors (Lipinski definition) is 2. The average molecular weight is 422 g/mol. The Balaban J connectivity index is 1.30. The van der Waals surface area contributed by atoms with E-state index in [2.05, 4.69) is 30.5 Å². The lowest BCUT2D eigenvalue weighted by molar-refractivity contribution is -0.117. The van der Waals surface area contributed by atoms with Gasteiger partial charge in [-0.1, -0.05) is 0 Å². The molecule has 4 heterocycles. The van der Waals surface area contributed by atoms with E-state index in [9.17, 15) is 9.18 Å². The van der Waals surface area contributed by atoms with Gasteiger partial charge in [0.25, 0.3) is 0 Å². The van der Waals surface area contributed by atoms with Gasteiger partial charge in [-0.3, -0.25) is 14.9 Å². The number of carbonyl (C=O) groups excluding carboxylic acids is 1. The number of H-pyrrole nitrogens is 1. The Labute approximate surface area is 176 Å². The summed E-state index contributed by atoms with van der Waals surface area (Å²) in [7, 11) is 0. The first-order chi connectivity index (χ1) is 14.7. The normalized spacial score (nSPS) is 16.4. The van der Waals surface area contributed by atoms with E-state index in [1.54, 1.807) is 24.2 Å². The van der Waals surface area contributed by atoms with Gasteiger partial charge in [-0.05, 0) is 48.3 Å². The van der Waals surface area contributed by atoms with Crippen LogP contribution in [0.2, 0.25) is 0 Å². The van der Waals surface area contributed by atoms with Crippen LogP contribution in [0.5, 0.6) is 0 Å². The van der Waals surface area contributed by atoms with E-state index < -0.39 is 5.82 Å². The van der Waals surface area contributed by atoms with Gasteiger partial charge >= 0.3 is 0 Å². The fourth-order valence-electron chi connectivity index (χ4n) is 3.76. The Hall–Kier alpha value is -3.07. The highest BCUT2D eigenvalue weighted by molar-refractivity contribution is 8.03. The summed E-state index contributed by atoms with van der Waals surface area (Å²) in [6, 6.07) is 1.37. The van der Waals surface area contributed by atoms with Crippen LogP contribution in [0.1, 0.15) is 31.4 Å². The van der Waals surface area contributed by atoms with Gasteiger partial charge in [-0.25, -0.2) is 14.4 Å². The van der Waals surface area contributed by atoms with Gasteiger partial charge < -0.3 is 5.32 Å². The molecule has 0 saturated heterocycles. The summed E-state index contributed by atoms with van der Waals surface area (Å²) in [4.78, 5) is 26.5. The first kappa shape index (κ1) is 18.9. The van der Waals surface area contributed by atoms with Crippen LogP contribution in [0.4, 0.5) is 4.39 Å². The number of nitrogens with zero attached hydrogens (tertiary/aromatic N) is 4. The Bertz CT molecular complexity index is 1200. The molecule has 0 unspecified atom stereocenters. The molecule has 0 aromatic carbocycles. The molecule has 0 fully saturated rings. The minimum absolute atomic E-state index is 0.0315. The molecule has 5 rings (SSSR count). The number of hydrogen-bond acceptors (Lipinski definition) is 6. The van der Waals surface area contributed by atoms with E-state index in [0.717, 1.165) is 18.4 Å². The quantitative estimate of drug-likeness (QED) is 0.666. The predicted octanol–water partition coefficient (Wildman–Crippen LogP) is 3.67. The van der Waals surface area contributed by atoms with Crippen molar-refractivity contribution < 1.29 is 9.18 Å². The van der Waals surface area contributed by atoms with Crippen LogP contribution >= 0.6 is 11.8 Å². The largest absolute Gasteiger partial charge is 0.347 e. The summed E-state index contributed by atoms with van der Waals surface area (Å²) in [6.07, 6.45) is 11.1. The highest BCUT2D eigenvalue weighted by atomic mass is 32.2. The molecule has 2 N–H and O–H groups in total. The van der Waals surface area contributed by atoms with Gasteiger partial charge in [-0.2, -0.15) is 5.10 Å². The summed E-state index contributed by atoms with van der Waals surface area (Å²) >= 11 is 1.75. The molecule has 152 valence electrons. The van der Waals surface area contributed by atoms with Crippen LogP contribution in [-0.4, -0.2) is 36.8 Å². The molecule has 7 nitrogen and oxygen atoms in total. The van der Waals surface area contributed by atoms with Crippen molar-refractivity contribution in [3.8, 4) is 11.3 Å². The van der Waals surface area contributed by atoms with Crippen molar-refractivity contribution in [2.24, 2.45) is 0 Å².